The number of β-amino-alcohol motifs (C(OH)–C–C–N with tert-alkyl or cyclic N) is 1. The molecule has 7 nitrogen and oxygen atoms in total. The molecule has 2 fully saturated rings. The Balaban J connectivity index is 0.00000121. The number of nitrogens with zero attached hydrogens (tertiary/aromatic N) is 4. The number of aromatic nitrogens is 2. The van der Waals surface area contributed by atoms with E-state index in [9.17, 15) is 9.90 Å². The second-order valence-electron chi connectivity index (χ2n) is 6.65. The van der Waals surface area contributed by atoms with Gasteiger partial charge in [-0.3, -0.25) is 9.69 Å². The van der Waals surface area contributed by atoms with Crippen molar-refractivity contribution in [2.75, 3.05) is 32.7 Å². The number of carbonyl (C=O) groups excluding carboxylic acids is 1. The zero-order valence-electron chi connectivity index (χ0n) is 14.5. The molecular formula is C17H25Cl2N5O2. The summed E-state index contributed by atoms with van der Waals surface area (Å²) in [6.45, 7) is 4.51. The molecule has 26 heavy (non-hydrogen) atoms. The van der Waals surface area contributed by atoms with E-state index in [1.54, 1.807) is 0 Å². The Hall–Kier alpha value is -1.38. The van der Waals surface area contributed by atoms with Gasteiger partial charge in [0.1, 0.15) is 5.65 Å². The van der Waals surface area contributed by atoms with Crippen LogP contribution < -0.4 is 5.32 Å². The molecule has 2 N–H and O–H groups in total. The SMILES string of the molecule is Cl.Cl.O=C(C1CC(O)CN1)N1CCN(Cc2cn3ccccc3n2)CC1. The lowest BCUT2D eigenvalue weighted by molar-refractivity contribution is -0.135. The van der Waals surface area contributed by atoms with E-state index in [1.807, 2.05) is 33.7 Å². The number of imidazole rings is 1. The van der Waals surface area contributed by atoms with Crippen LogP contribution in [-0.2, 0) is 11.3 Å². The monoisotopic (exact) mass is 401 g/mol. The topological polar surface area (TPSA) is 73.1 Å². The second kappa shape index (κ2) is 9.01. The van der Waals surface area contributed by atoms with Crippen molar-refractivity contribution in [1.29, 1.82) is 0 Å². The van der Waals surface area contributed by atoms with Gasteiger partial charge in [0.2, 0.25) is 5.91 Å². The van der Waals surface area contributed by atoms with Crippen LogP contribution in [0.4, 0.5) is 0 Å². The van der Waals surface area contributed by atoms with Gasteiger partial charge in [0, 0.05) is 51.7 Å². The Morgan fingerprint density at radius 1 is 1.23 bits per heavy atom. The molecule has 1 amide bonds. The van der Waals surface area contributed by atoms with Gasteiger partial charge < -0.3 is 19.7 Å². The molecule has 0 radical (unpaired) electrons. The maximum absolute atomic E-state index is 12.4. The number of amides is 1. The Labute approximate surface area is 165 Å². The van der Waals surface area contributed by atoms with Gasteiger partial charge >= 0.3 is 0 Å². The van der Waals surface area contributed by atoms with E-state index < -0.39 is 6.10 Å². The summed E-state index contributed by atoms with van der Waals surface area (Å²) in [5, 5.41) is 12.7. The average Bonchev–Trinajstić information content (AvgIpc) is 3.20. The minimum atomic E-state index is -0.393. The van der Waals surface area contributed by atoms with E-state index in [-0.39, 0.29) is 36.8 Å². The molecule has 2 unspecified atom stereocenters. The summed E-state index contributed by atoms with van der Waals surface area (Å²) in [5.41, 5.74) is 2.02. The van der Waals surface area contributed by atoms with Crippen LogP contribution in [0.3, 0.4) is 0 Å². The van der Waals surface area contributed by atoms with Crippen LogP contribution in [0.15, 0.2) is 30.6 Å². The van der Waals surface area contributed by atoms with Gasteiger partial charge in [-0.2, -0.15) is 0 Å². The van der Waals surface area contributed by atoms with Crippen molar-refractivity contribution in [3.05, 3.63) is 36.3 Å². The first-order chi connectivity index (χ1) is 11.7. The number of hydrogen-bond acceptors (Lipinski definition) is 5. The molecule has 0 saturated carbocycles. The number of nitrogens with one attached hydrogen (secondary N) is 1. The molecule has 4 heterocycles. The summed E-state index contributed by atoms with van der Waals surface area (Å²) in [6.07, 6.45) is 4.21. The number of carbonyl (C=O) groups is 1. The molecule has 2 aromatic heterocycles. The average molecular weight is 402 g/mol. The standard InChI is InChI=1S/C17H23N5O2.2ClH/c23-14-9-15(18-10-14)17(24)21-7-5-20(6-8-21)11-13-12-22-4-2-1-3-16(22)19-13;;/h1-4,12,14-15,18,23H,5-11H2;2*1H. The Bertz CT molecular complexity index is 700. The van der Waals surface area contributed by atoms with Crippen molar-refractivity contribution in [3.8, 4) is 0 Å². The Morgan fingerprint density at radius 2 is 2.00 bits per heavy atom. The maximum Gasteiger partial charge on any atom is 0.239 e. The van der Waals surface area contributed by atoms with Crippen LogP contribution in [0.1, 0.15) is 12.1 Å². The number of piperazine rings is 1. The largest absolute Gasteiger partial charge is 0.392 e. The molecule has 9 heteroatoms. The zero-order valence-corrected chi connectivity index (χ0v) is 16.1. The summed E-state index contributed by atoms with van der Waals surface area (Å²) < 4.78 is 2.03. The molecule has 0 bridgehead atoms. The predicted octanol–water partition coefficient (Wildman–Crippen LogP) is 0.545. The first-order valence-electron chi connectivity index (χ1n) is 8.54. The molecule has 2 atom stereocenters. The van der Waals surface area contributed by atoms with E-state index in [4.69, 9.17) is 0 Å². The third-order valence-corrected chi connectivity index (χ3v) is 4.89. The first-order valence-corrected chi connectivity index (χ1v) is 8.54. The first kappa shape index (κ1) is 20.9. The molecule has 0 aliphatic carbocycles. The fraction of sp³-hybridized carbons (Fsp3) is 0.529. The number of hydrogen-bond donors (Lipinski definition) is 2. The van der Waals surface area contributed by atoms with Gasteiger partial charge in [-0.05, 0) is 18.6 Å². The number of rotatable bonds is 3. The Morgan fingerprint density at radius 3 is 2.65 bits per heavy atom. The van der Waals surface area contributed by atoms with E-state index in [1.165, 1.54) is 0 Å². The van der Waals surface area contributed by atoms with E-state index in [0.717, 1.165) is 44.1 Å². The van der Waals surface area contributed by atoms with Gasteiger partial charge in [0.15, 0.2) is 0 Å². The smallest absolute Gasteiger partial charge is 0.239 e. The van der Waals surface area contributed by atoms with Gasteiger partial charge in [-0.1, -0.05) is 6.07 Å². The number of pyridine rings is 1. The summed E-state index contributed by atoms with van der Waals surface area (Å²) in [5.74, 6) is 0.124. The lowest BCUT2D eigenvalue weighted by atomic mass is 10.1. The maximum atomic E-state index is 12.4. The van der Waals surface area contributed by atoms with Crippen molar-refractivity contribution in [2.24, 2.45) is 0 Å². The fourth-order valence-corrected chi connectivity index (χ4v) is 3.54. The summed E-state index contributed by atoms with van der Waals surface area (Å²) in [4.78, 5) is 21.3. The van der Waals surface area contributed by atoms with Crippen LogP contribution in [0.5, 0.6) is 0 Å². The normalized spacial score (nSPS) is 23.5. The molecule has 0 aromatic carbocycles. The molecule has 2 aliphatic heterocycles. The van der Waals surface area contributed by atoms with Gasteiger partial charge in [0.25, 0.3) is 0 Å². The lowest BCUT2D eigenvalue weighted by Crippen LogP contribution is -2.52. The molecule has 144 valence electrons. The highest BCUT2D eigenvalue weighted by Gasteiger charge is 2.32. The van der Waals surface area contributed by atoms with Crippen molar-refractivity contribution in [3.63, 3.8) is 0 Å². The summed E-state index contributed by atoms with van der Waals surface area (Å²) >= 11 is 0. The zero-order chi connectivity index (χ0) is 16.5. The molecular weight excluding hydrogens is 377 g/mol. The fourth-order valence-electron chi connectivity index (χ4n) is 3.54. The van der Waals surface area contributed by atoms with Crippen LogP contribution in [0.2, 0.25) is 0 Å². The number of fused-ring (bicyclic) bond motifs is 1. The van der Waals surface area contributed by atoms with Gasteiger partial charge in [-0.15, -0.1) is 24.8 Å². The van der Waals surface area contributed by atoms with E-state index in [2.05, 4.69) is 21.4 Å². The van der Waals surface area contributed by atoms with Crippen LogP contribution in [0.25, 0.3) is 5.65 Å². The second-order valence-corrected chi connectivity index (χ2v) is 6.65. The minimum Gasteiger partial charge on any atom is -0.392 e. The minimum absolute atomic E-state index is 0. The van der Waals surface area contributed by atoms with Crippen LogP contribution in [-0.4, -0.2) is 75.1 Å². The van der Waals surface area contributed by atoms with Crippen molar-refractivity contribution in [1.82, 2.24) is 24.5 Å². The lowest BCUT2D eigenvalue weighted by Gasteiger charge is -2.35. The van der Waals surface area contributed by atoms with Crippen molar-refractivity contribution < 1.29 is 9.90 Å². The third kappa shape index (κ3) is 4.47. The quantitative estimate of drug-likeness (QED) is 0.785. The van der Waals surface area contributed by atoms with Crippen molar-refractivity contribution in [2.45, 2.75) is 25.1 Å². The molecule has 2 saturated heterocycles. The molecule has 0 spiro atoms. The van der Waals surface area contributed by atoms with E-state index >= 15 is 0 Å². The number of aliphatic hydroxyl groups excluding tert-OH is 1. The number of halogens is 2. The van der Waals surface area contributed by atoms with Gasteiger partial charge in [-0.25, -0.2) is 4.98 Å². The highest BCUT2D eigenvalue weighted by atomic mass is 35.5. The van der Waals surface area contributed by atoms with Gasteiger partial charge in [0.05, 0.1) is 17.8 Å². The Kier molecular flexibility index (Phi) is 7.25. The number of aliphatic hydroxyl groups is 1. The third-order valence-electron chi connectivity index (χ3n) is 4.89. The van der Waals surface area contributed by atoms with Crippen LogP contribution in [0, 0.1) is 0 Å². The molecule has 2 aliphatic rings. The molecule has 2 aromatic rings. The highest BCUT2D eigenvalue weighted by molar-refractivity contribution is 5.85. The predicted molar refractivity (Wildman–Crippen MR) is 104 cm³/mol. The summed E-state index contributed by atoms with van der Waals surface area (Å²) in [6, 6.07) is 5.77. The highest BCUT2D eigenvalue weighted by Crippen LogP contribution is 2.13. The van der Waals surface area contributed by atoms with E-state index in [0.29, 0.717) is 13.0 Å². The molecule has 4 rings (SSSR count). The van der Waals surface area contributed by atoms with Crippen LogP contribution >= 0.6 is 24.8 Å². The summed E-state index contributed by atoms with van der Waals surface area (Å²) in [7, 11) is 0. The van der Waals surface area contributed by atoms with Crippen molar-refractivity contribution >= 4 is 36.4 Å².